The molecule has 12 heteroatoms. The van der Waals surface area contributed by atoms with Crippen LogP contribution in [0.5, 0.6) is 5.75 Å². The summed E-state index contributed by atoms with van der Waals surface area (Å²) in [5.74, 6) is -0.450. The van der Waals surface area contributed by atoms with Crippen LogP contribution >= 0.6 is 0 Å². The van der Waals surface area contributed by atoms with Gasteiger partial charge in [-0.3, -0.25) is 19.2 Å². The van der Waals surface area contributed by atoms with Gasteiger partial charge in [0.2, 0.25) is 14.8 Å². The number of fused-ring (bicyclic) bond motifs is 2. The number of methoxy groups -OCH3 is 1. The Kier molecular flexibility index (Phi) is 10.0. The number of amides is 2. The van der Waals surface area contributed by atoms with E-state index in [-0.39, 0.29) is 25.0 Å². The van der Waals surface area contributed by atoms with E-state index in [1.54, 1.807) is 34.7 Å². The number of aliphatic hydroxyl groups excluding tert-OH is 1. The number of carbonyl (C=O) groups excluding carboxylic acids is 2. The summed E-state index contributed by atoms with van der Waals surface area (Å²) in [6.07, 6.45) is 2.44. The van der Waals surface area contributed by atoms with E-state index in [0.29, 0.717) is 41.3 Å². The van der Waals surface area contributed by atoms with Gasteiger partial charge in [0.15, 0.2) is 5.60 Å². The van der Waals surface area contributed by atoms with Gasteiger partial charge >= 0.3 is 0 Å². The van der Waals surface area contributed by atoms with Gasteiger partial charge in [-0.05, 0) is 73.1 Å². The Morgan fingerprint density at radius 2 is 1.70 bits per heavy atom. The first kappa shape index (κ1) is 36.2. The molecule has 2 amide bonds. The number of aliphatic hydroxyl groups is 1. The van der Waals surface area contributed by atoms with E-state index in [9.17, 15) is 14.7 Å². The number of hydrogen-bond donors (Lipinski definition) is 1. The van der Waals surface area contributed by atoms with Crippen LogP contribution in [0.25, 0.3) is 0 Å². The van der Waals surface area contributed by atoms with Crippen molar-refractivity contribution in [2.45, 2.75) is 62.7 Å². The quantitative estimate of drug-likeness (QED) is 0.0780. The van der Waals surface area contributed by atoms with Gasteiger partial charge in [-0.1, -0.05) is 72.8 Å². The maximum Gasteiger partial charge on any atom is 0.264 e. The summed E-state index contributed by atoms with van der Waals surface area (Å²) in [7, 11) is -1.82. The smallest absolute Gasteiger partial charge is 0.264 e. The minimum absolute atomic E-state index is 0.116. The molecule has 1 unspecified atom stereocenters. The molecule has 1 aromatic heterocycles. The third kappa shape index (κ3) is 6.66. The number of nitrogens with zero attached hydrogens (tertiary/aromatic N) is 5. The second-order valence-corrected chi connectivity index (χ2v) is 18.2. The third-order valence-electron chi connectivity index (χ3n) is 10.8. The maximum atomic E-state index is 16.5. The summed E-state index contributed by atoms with van der Waals surface area (Å²) >= 11 is 0. The molecule has 1 N–H and O–H groups in total. The lowest BCUT2D eigenvalue weighted by Crippen LogP contribution is -2.45. The second kappa shape index (κ2) is 14.7. The molecule has 1 spiro atoms. The van der Waals surface area contributed by atoms with Gasteiger partial charge in [0, 0.05) is 41.1 Å². The van der Waals surface area contributed by atoms with E-state index < -0.39 is 31.6 Å². The number of carbonyl (C=O) groups is 2. The zero-order chi connectivity index (χ0) is 37.3. The summed E-state index contributed by atoms with van der Waals surface area (Å²) < 4.78 is 30.7. The molecule has 0 radical (unpaired) electrons. The first-order valence-electron chi connectivity index (χ1n) is 17.9. The number of anilines is 3. The molecule has 2 aliphatic heterocycles. The van der Waals surface area contributed by atoms with Crippen LogP contribution in [0.1, 0.15) is 41.6 Å². The van der Waals surface area contributed by atoms with Crippen LogP contribution in [-0.2, 0) is 33.0 Å². The molecule has 274 valence electrons. The Hall–Kier alpha value is -5.17. The minimum Gasteiger partial charge on any atom is -0.497 e. The van der Waals surface area contributed by atoms with Crippen molar-refractivity contribution in [1.82, 2.24) is 15.0 Å². The molecule has 53 heavy (non-hydrogen) atoms. The monoisotopic (exact) mass is 733 g/mol. The Bertz CT molecular complexity index is 2060. The maximum absolute atomic E-state index is 16.5. The van der Waals surface area contributed by atoms with E-state index in [1.165, 1.54) is 0 Å². The van der Waals surface area contributed by atoms with Crippen molar-refractivity contribution in [3.63, 3.8) is 0 Å². The largest absolute Gasteiger partial charge is 0.497 e. The normalized spacial score (nSPS) is 21.5. The van der Waals surface area contributed by atoms with E-state index in [1.807, 2.05) is 116 Å². The van der Waals surface area contributed by atoms with Crippen molar-refractivity contribution in [2.75, 3.05) is 23.5 Å². The number of rotatable bonds is 13. The lowest BCUT2D eigenvalue weighted by atomic mass is 9.82. The van der Waals surface area contributed by atoms with Crippen LogP contribution in [0.15, 0.2) is 109 Å². The molecule has 7 rings (SSSR count). The van der Waals surface area contributed by atoms with E-state index in [2.05, 4.69) is 10.3 Å². The standard InChI is InChI=1S/C41H44FN5O5Si/c1-28-39(53(3,4)42)38(21-22-45-25-36(43-44-45)34(26-48)30-11-7-5-8-12-30)52-41(28)35-23-33(51-2)19-20-37(35)46(40(41)50)24-29-15-17-32(18-16-29)47(27-49)31-13-9-6-10-14-31/h5-20,23,25,27-28,34,38-39,48H,21-22,24,26H2,1-4H3/t28-,34?,38+,39-,41+/m0/s1. The van der Waals surface area contributed by atoms with Crippen molar-refractivity contribution in [3.05, 3.63) is 132 Å². The van der Waals surface area contributed by atoms with Gasteiger partial charge in [0.1, 0.15) is 5.75 Å². The molecular formula is C41H44FN5O5Si. The fraction of sp³-hybridized carbons (Fsp3) is 0.317. The van der Waals surface area contributed by atoms with Crippen molar-refractivity contribution >= 4 is 37.8 Å². The Labute approximate surface area is 310 Å². The molecular weight excluding hydrogens is 690 g/mol. The molecule has 0 bridgehead atoms. The molecule has 2 aliphatic rings. The molecule has 4 aromatic carbocycles. The van der Waals surface area contributed by atoms with E-state index in [0.717, 1.165) is 23.2 Å². The molecule has 0 saturated carbocycles. The van der Waals surface area contributed by atoms with Crippen LogP contribution in [0.4, 0.5) is 21.2 Å². The van der Waals surface area contributed by atoms with Crippen molar-refractivity contribution < 1.29 is 28.3 Å². The van der Waals surface area contributed by atoms with Gasteiger partial charge in [-0.25, -0.2) is 0 Å². The zero-order valence-corrected chi connectivity index (χ0v) is 31.3. The van der Waals surface area contributed by atoms with Crippen LogP contribution in [0.3, 0.4) is 0 Å². The predicted octanol–water partition coefficient (Wildman–Crippen LogP) is 7.12. The second-order valence-electron chi connectivity index (χ2n) is 14.4. The van der Waals surface area contributed by atoms with E-state index >= 15 is 4.11 Å². The molecule has 5 atom stereocenters. The van der Waals surface area contributed by atoms with E-state index in [4.69, 9.17) is 9.47 Å². The highest BCUT2D eigenvalue weighted by Crippen LogP contribution is 2.60. The van der Waals surface area contributed by atoms with Gasteiger partial charge in [0.25, 0.3) is 5.91 Å². The number of aromatic nitrogens is 3. The highest BCUT2D eigenvalue weighted by atomic mass is 28.4. The first-order chi connectivity index (χ1) is 25.6. The average molecular weight is 734 g/mol. The number of halogens is 1. The predicted molar refractivity (Wildman–Crippen MR) is 203 cm³/mol. The molecule has 1 fully saturated rings. The average Bonchev–Trinajstić information content (AvgIpc) is 3.82. The summed E-state index contributed by atoms with van der Waals surface area (Å²) in [6, 6.07) is 32.1. The highest BCUT2D eigenvalue weighted by Gasteiger charge is 2.66. The summed E-state index contributed by atoms with van der Waals surface area (Å²) in [4.78, 5) is 30.2. The number of benzene rings is 4. The zero-order valence-electron chi connectivity index (χ0n) is 30.3. The van der Waals surface area contributed by atoms with Gasteiger partial charge in [-0.15, -0.1) is 5.10 Å². The molecule has 0 aliphatic carbocycles. The van der Waals surface area contributed by atoms with Crippen LogP contribution in [0, 0.1) is 5.92 Å². The van der Waals surface area contributed by atoms with Crippen LogP contribution in [-0.4, -0.2) is 60.6 Å². The number of para-hydroxylation sites is 1. The lowest BCUT2D eigenvalue weighted by Gasteiger charge is -2.31. The molecule has 5 aromatic rings. The number of aryl methyl sites for hydroxylation is 1. The fourth-order valence-electron chi connectivity index (χ4n) is 8.28. The molecule has 10 nitrogen and oxygen atoms in total. The Morgan fingerprint density at radius 1 is 1.02 bits per heavy atom. The summed E-state index contributed by atoms with van der Waals surface area (Å²) in [5.41, 5.74) is 3.34. The van der Waals surface area contributed by atoms with Crippen LogP contribution < -0.4 is 14.5 Å². The molecule has 1 saturated heterocycles. The Morgan fingerprint density at radius 3 is 2.34 bits per heavy atom. The number of hydrogen-bond acceptors (Lipinski definition) is 7. The van der Waals surface area contributed by atoms with Crippen LogP contribution in [0.2, 0.25) is 18.6 Å². The highest BCUT2D eigenvalue weighted by molar-refractivity contribution is 6.72. The van der Waals surface area contributed by atoms with Crippen molar-refractivity contribution in [2.24, 2.45) is 5.92 Å². The first-order valence-corrected chi connectivity index (χ1v) is 20.9. The topological polar surface area (TPSA) is 110 Å². The van der Waals surface area contributed by atoms with Crippen molar-refractivity contribution in [3.8, 4) is 5.75 Å². The lowest BCUT2D eigenvalue weighted by molar-refractivity contribution is -0.146. The minimum atomic E-state index is -3.40. The SMILES string of the molecule is COc1ccc2c(c1)[C@@]1(O[C@H](CCn3cc(C(CO)c4ccccc4)nn3)[C@@H]([Si](C)(C)F)[C@@H]1C)C(=O)N2Cc1ccc(N(C=O)c2ccccc2)cc1. The van der Waals surface area contributed by atoms with Gasteiger partial charge < -0.3 is 23.6 Å². The summed E-state index contributed by atoms with van der Waals surface area (Å²) in [5, 5.41) is 18.9. The number of ether oxygens (including phenoxy) is 2. The fourth-order valence-corrected chi connectivity index (χ4v) is 10.8. The van der Waals surface area contributed by atoms with Crippen molar-refractivity contribution in [1.29, 1.82) is 0 Å². The van der Waals surface area contributed by atoms with Gasteiger partial charge in [-0.2, -0.15) is 0 Å². The molecule has 3 heterocycles. The third-order valence-corrected chi connectivity index (χ3v) is 13.3. The summed E-state index contributed by atoms with van der Waals surface area (Å²) in [6.45, 7) is 5.84. The Balaban J connectivity index is 1.16. The van der Waals surface area contributed by atoms with Gasteiger partial charge in [0.05, 0.1) is 43.7 Å².